The van der Waals surface area contributed by atoms with Gasteiger partial charge in [-0.05, 0) is 26.8 Å². The molecule has 1 aromatic rings. The fourth-order valence-electron chi connectivity index (χ4n) is 1.58. The number of carbonyl (C=O) groups excluding carboxylic acids is 2. The van der Waals surface area contributed by atoms with Gasteiger partial charge in [0.15, 0.2) is 6.29 Å². The number of benzene rings is 1. The molecule has 0 fully saturated rings. The van der Waals surface area contributed by atoms with Crippen LogP contribution in [0, 0.1) is 5.82 Å². The Labute approximate surface area is 120 Å². The second-order valence-corrected chi connectivity index (χ2v) is 5.39. The number of hydrogen-bond donors (Lipinski definition) is 1. The molecule has 0 saturated heterocycles. The Balaban J connectivity index is 3.09. The van der Waals surface area contributed by atoms with Crippen molar-refractivity contribution in [3.05, 3.63) is 35.6 Å². The lowest BCUT2D eigenvalue weighted by atomic mass is 10.0. The van der Waals surface area contributed by atoms with Crippen molar-refractivity contribution in [1.82, 2.24) is 5.32 Å². The predicted molar refractivity (Wildman–Crippen MR) is 69.5 cm³/mol. The van der Waals surface area contributed by atoms with Crippen LogP contribution in [0.4, 0.5) is 18.0 Å². The van der Waals surface area contributed by atoms with Crippen LogP contribution in [-0.4, -0.2) is 23.9 Å². The van der Waals surface area contributed by atoms with Crippen molar-refractivity contribution < 1.29 is 27.5 Å². The highest BCUT2D eigenvalue weighted by atomic mass is 19.3. The van der Waals surface area contributed by atoms with Gasteiger partial charge in [0.25, 0.3) is 0 Å². The molecule has 0 saturated carbocycles. The van der Waals surface area contributed by atoms with Gasteiger partial charge in [0.1, 0.15) is 17.5 Å². The molecule has 1 rings (SSSR count). The molecule has 0 aliphatic rings. The third-order valence-corrected chi connectivity index (χ3v) is 2.42. The molecular weight excluding hydrogens is 287 g/mol. The summed E-state index contributed by atoms with van der Waals surface area (Å²) in [6.07, 6.45) is -1.81. The second kappa shape index (κ2) is 6.15. The molecule has 4 nitrogen and oxygen atoms in total. The van der Waals surface area contributed by atoms with Crippen molar-refractivity contribution in [2.24, 2.45) is 0 Å². The number of rotatable bonds is 4. The van der Waals surface area contributed by atoms with Crippen molar-refractivity contribution in [3.8, 4) is 0 Å². The molecule has 1 N–H and O–H groups in total. The van der Waals surface area contributed by atoms with Gasteiger partial charge in [-0.15, -0.1) is 0 Å². The maximum absolute atomic E-state index is 13.7. The Hall–Kier alpha value is -2.05. The number of carbonyl (C=O) groups is 2. The number of hydrogen-bond acceptors (Lipinski definition) is 3. The van der Waals surface area contributed by atoms with Crippen molar-refractivity contribution in [2.75, 3.05) is 0 Å². The molecule has 0 radical (unpaired) electrons. The average Bonchev–Trinajstić information content (AvgIpc) is 2.35. The van der Waals surface area contributed by atoms with Crippen LogP contribution in [0.1, 0.15) is 32.4 Å². The van der Waals surface area contributed by atoms with Gasteiger partial charge in [0.05, 0.1) is 0 Å². The van der Waals surface area contributed by atoms with E-state index in [1.807, 2.05) is 5.32 Å². The third kappa shape index (κ3) is 4.77. The maximum Gasteiger partial charge on any atom is 0.408 e. The van der Waals surface area contributed by atoms with Crippen LogP contribution in [0.15, 0.2) is 24.3 Å². The standard InChI is InChI=1S/C14H16F3NO3/c1-13(2,3)21-12(20)18-11(14(16,17)8-19)9-6-4-5-7-10(9)15/h4-8,11H,1-3H3,(H,18,20). The van der Waals surface area contributed by atoms with Crippen LogP contribution in [0.25, 0.3) is 0 Å². The largest absolute Gasteiger partial charge is 0.444 e. The van der Waals surface area contributed by atoms with Crippen LogP contribution < -0.4 is 5.32 Å². The quantitative estimate of drug-likeness (QED) is 0.869. The fraction of sp³-hybridized carbons (Fsp3) is 0.429. The minimum absolute atomic E-state index is 0.500. The van der Waals surface area contributed by atoms with Gasteiger partial charge in [-0.25, -0.2) is 9.18 Å². The minimum atomic E-state index is -3.97. The number of alkyl halides is 2. The monoisotopic (exact) mass is 303 g/mol. The lowest BCUT2D eigenvalue weighted by molar-refractivity contribution is -0.133. The molecule has 7 heteroatoms. The SMILES string of the molecule is CC(C)(C)OC(=O)NC(c1ccccc1F)C(F)(F)C=O. The van der Waals surface area contributed by atoms with Gasteiger partial charge in [-0.3, -0.25) is 4.79 Å². The van der Waals surface area contributed by atoms with E-state index in [0.717, 1.165) is 12.1 Å². The highest BCUT2D eigenvalue weighted by molar-refractivity contribution is 5.71. The molecule has 0 aliphatic carbocycles. The summed E-state index contributed by atoms with van der Waals surface area (Å²) in [7, 11) is 0. The Morgan fingerprint density at radius 3 is 2.33 bits per heavy atom. The molecule has 0 bridgehead atoms. The summed E-state index contributed by atoms with van der Waals surface area (Å²) in [6, 6.07) is 2.51. The van der Waals surface area contributed by atoms with E-state index in [2.05, 4.69) is 0 Å². The van der Waals surface area contributed by atoms with Gasteiger partial charge < -0.3 is 10.1 Å². The van der Waals surface area contributed by atoms with E-state index in [1.165, 1.54) is 12.1 Å². The molecular formula is C14H16F3NO3. The highest BCUT2D eigenvalue weighted by Gasteiger charge is 2.43. The summed E-state index contributed by atoms with van der Waals surface area (Å²) < 4.78 is 45.8. The Kier molecular flexibility index (Phi) is 4.98. The first kappa shape index (κ1) is 17.0. The van der Waals surface area contributed by atoms with Gasteiger partial charge in [-0.1, -0.05) is 18.2 Å². The van der Waals surface area contributed by atoms with E-state index < -0.39 is 41.3 Å². The number of aldehydes is 1. The summed E-state index contributed by atoms with van der Waals surface area (Å²) in [4.78, 5) is 22.2. The average molecular weight is 303 g/mol. The number of halogens is 3. The van der Waals surface area contributed by atoms with Crippen molar-refractivity contribution in [2.45, 2.75) is 38.3 Å². The topological polar surface area (TPSA) is 55.4 Å². The van der Waals surface area contributed by atoms with Crippen molar-refractivity contribution in [1.29, 1.82) is 0 Å². The molecule has 0 spiro atoms. The normalized spacial score (nSPS) is 13.4. The Bertz CT molecular complexity index is 526. The molecule has 0 aliphatic heterocycles. The number of amides is 1. The Morgan fingerprint density at radius 1 is 1.29 bits per heavy atom. The molecule has 116 valence electrons. The summed E-state index contributed by atoms with van der Waals surface area (Å²) >= 11 is 0. The zero-order chi connectivity index (χ0) is 16.3. The Morgan fingerprint density at radius 2 is 1.86 bits per heavy atom. The maximum atomic E-state index is 13.7. The van der Waals surface area contributed by atoms with Crippen molar-refractivity contribution >= 4 is 12.4 Å². The van der Waals surface area contributed by atoms with Crippen LogP contribution in [0.2, 0.25) is 0 Å². The molecule has 1 amide bonds. The lowest BCUT2D eigenvalue weighted by Gasteiger charge is -2.26. The molecule has 0 heterocycles. The first-order valence-corrected chi connectivity index (χ1v) is 6.15. The van der Waals surface area contributed by atoms with E-state index >= 15 is 0 Å². The predicted octanol–water partition coefficient (Wildman–Crippen LogP) is 3.23. The summed E-state index contributed by atoms with van der Waals surface area (Å²) in [6.45, 7) is 4.63. The minimum Gasteiger partial charge on any atom is -0.444 e. The zero-order valence-electron chi connectivity index (χ0n) is 11.8. The van der Waals surface area contributed by atoms with Gasteiger partial charge in [0.2, 0.25) is 0 Å². The first-order chi connectivity index (χ1) is 9.57. The van der Waals surface area contributed by atoms with E-state index in [-0.39, 0.29) is 0 Å². The van der Waals surface area contributed by atoms with E-state index in [1.54, 1.807) is 20.8 Å². The summed E-state index contributed by atoms with van der Waals surface area (Å²) in [5, 5.41) is 1.84. The van der Waals surface area contributed by atoms with Crippen molar-refractivity contribution in [3.63, 3.8) is 0 Å². The van der Waals surface area contributed by atoms with E-state index in [4.69, 9.17) is 4.74 Å². The molecule has 1 atom stereocenters. The number of ether oxygens (including phenoxy) is 1. The van der Waals surface area contributed by atoms with E-state index in [0.29, 0.717) is 0 Å². The fourth-order valence-corrected chi connectivity index (χ4v) is 1.58. The van der Waals surface area contributed by atoms with Gasteiger partial charge >= 0.3 is 12.0 Å². The molecule has 1 unspecified atom stereocenters. The number of nitrogens with one attached hydrogen (secondary N) is 1. The zero-order valence-corrected chi connectivity index (χ0v) is 11.8. The van der Waals surface area contributed by atoms with Crippen LogP contribution in [-0.2, 0) is 9.53 Å². The second-order valence-electron chi connectivity index (χ2n) is 5.39. The van der Waals surface area contributed by atoms with Crippen LogP contribution in [0.5, 0.6) is 0 Å². The third-order valence-electron chi connectivity index (χ3n) is 2.42. The molecule has 21 heavy (non-hydrogen) atoms. The van der Waals surface area contributed by atoms with Crippen LogP contribution in [0.3, 0.4) is 0 Å². The van der Waals surface area contributed by atoms with Gasteiger partial charge in [0, 0.05) is 5.56 Å². The van der Waals surface area contributed by atoms with Crippen LogP contribution >= 0.6 is 0 Å². The first-order valence-electron chi connectivity index (χ1n) is 6.15. The van der Waals surface area contributed by atoms with E-state index in [9.17, 15) is 22.8 Å². The lowest BCUT2D eigenvalue weighted by Crippen LogP contribution is -2.44. The van der Waals surface area contributed by atoms with Gasteiger partial charge in [-0.2, -0.15) is 8.78 Å². The highest BCUT2D eigenvalue weighted by Crippen LogP contribution is 2.31. The summed E-state index contributed by atoms with van der Waals surface area (Å²) in [5.41, 5.74) is -1.42. The smallest absolute Gasteiger partial charge is 0.408 e. The molecule has 1 aromatic carbocycles. The summed E-state index contributed by atoms with van der Waals surface area (Å²) in [5.74, 6) is -4.93. The number of alkyl carbamates (subject to hydrolysis) is 1. The molecule has 0 aromatic heterocycles.